The second kappa shape index (κ2) is 10.5. The van der Waals surface area contributed by atoms with E-state index in [0.29, 0.717) is 12.2 Å². The molecule has 1 unspecified atom stereocenters. The SMILES string of the molecule is CC[C@@H]1CCN(CCOc2ccc(C3Oc4ccc(O)cc4C(C)=C3c3ccc(C#N)cc3)cc2)C1. The summed E-state index contributed by atoms with van der Waals surface area (Å²) in [5.41, 5.74) is 5.55. The number of hydrogen-bond donors (Lipinski definition) is 1. The zero-order valence-corrected chi connectivity index (χ0v) is 20.9. The highest BCUT2D eigenvalue weighted by atomic mass is 16.5. The molecule has 1 N–H and O–H groups in total. The van der Waals surface area contributed by atoms with Crippen LogP contribution in [0.15, 0.2) is 66.7 Å². The fourth-order valence-corrected chi connectivity index (χ4v) is 5.25. The number of fused-ring (bicyclic) bond motifs is 1. The standard InChI is InChI=1S/C31H32N2O3/c1-3-22-14-15-33(20-22)16-17-35-27-11-8-25(9-12-27)31-30(24-6-4-23(19-32)5-7-24)21(2)28-18-26(34)10-13-29(28)36-31/h4-13,18,22,31,34H,3,14-17,20H2,1-2H3/t22-,31?/m1/s1. The van der Waals surface area contributed by atoms with Crippen LogP contribution in [0, 0.1) is 17.2 Å². The van der Waals surface area contributed by atoms with Gasteiger partial charge in [0.15, 0.2) is 0 Å². The molecule has 5 heteroatoms. The van der Waals surface area contributed by atoms with E-state index >= 15 is 0 Å². The van der Waals surface area contributed by atoms with Gasteiger partial charge in [0.25, 0.3) is 0 Å². The van der Waals surface area contributed by atoms with E-state index in [2.05, 4.69) is 36.9 Å². The maximum Gasteiger partial charge on any atom is 0.150 e. The Morgan fingerprint density at radius 3 is 2.56 bits per heavy atom. The molecule has 0 aliphatic carbocycles. The number of rotatable bonds is 7. The van der Waals surface area contributed by atoms with E-state index in [1.165, 1.54) is 25.9 Å². The van der Waals surface area contributed by atoms with Crippen molar-refractivity contribution in [2.75, 3.05) is 26.2 Å². The van der Waals surface area contributed by atoms with Crippen molar-refractivity contribution in [3.8, 4) is 23.3 Å². The van der Waals surface area contributed by atoms with Crippen molar-refractivity contribution in [2.24, 2.45) is 5.92 Å². The van der Waals surface area contributed by atoms with E-state index in [-0.39, 0.29) is 11.9 Å². The van der Waals surface area contributed by atoms with Gasteiger partial charge in [-0.2, -0.15) is 5.26 Å². The Balaban J connectivity index is 1.37. The van der Waals surface area contributed by atoms with E-state index in [9.17, 15) is 10.4 Å². The quantitative estimate of drug-likeness (QED) is 0.422. The lowest BCUT2D eigenvalue weighted by molar-refractivity contribution is 0.232. The second-order valence-electron chi connectivity index (χ2n) is 9.69. The predicted octanol–water partition coefficient (Wildman–Crippen LogP) is 6.44. The van der Waals surface area contributed by atoms with Crippen LogP contribution in [-0.2, 0) is 0 Å². The molecular weight excluding hydrogens is 448 g/mol. The van der Waals surface area contributed by atoms with E-state index in [4.69, 9.17) is 9.47 Å². The van der Waals surface area contributed by atoms with Crippen LogP contribution in [-0.4, -0.2) is 36.2 Å². The molecule has 2 heterocycles. The third-order valence-electron chi connectivity index (χ3n) is 7.41. The molecular formula is C31H32N2O3. The summed E-state index contributed by atoms with van der Waals surface area (Å²) in [6.45, 7) is 8.32. The number of allylic oxidation sites excluding steroid dienone is 1. The topological polar surface area (TPSA) is 65.7 Å². The van der Waals surface area contributed by atoms with E-state index in [0.717, 1.165) is 51.8 Å². The number of aromatic hydroxyl groups is 1. The van der Waals surface area contributed by atoms with Crippen molar-refractivity contribution < 1.29 is 14.6 Å². The molecule has 2 aliphatic rings. The Bertz CT molecular complexity index is 1290. The van der Waals surface area contributed by atoms with Gasteiger partial charge in [-0.15, -0.1) is 0 Å². The van der Waals surface area contributed by atoms with Crippen LogP contribution in [0.1, 0.15) is 55.0 Å². The molecule has 36 heavy (non-hydrogen) atoms. The second-order valence-corrected chi connectivity index (χ2v) is 9.69. The Morgan fingerprint density at radius 1 is 1.08 bits per heavy atom. The smallest absolute Gasteiger partial charge is 0.150 e. The molecule has 5 rings (SSSR count). The molecule has 0 spiro atoms. The first kappa shape index (κ1) is 24.0. The van der Waals surface area contributed by atoms with E-state index in [1.807, 2.05) is 42.5 Å². The molecule has 3 aromatic rings. The number of phenols is 1. The number of benzene rings is 3. The van der Waals surface area contributed by atoms with Crippen LogP contribution in [0.5, 0.6) is 17.2 Å². The van der Waals surface area contributed by atoms with Gasteiger partial charge >= 0.3 is 0 Å². The van der Waals surface area contributed by atoms with Crippen LogP contribution in [0.3, 0.4) is 0 Å². The van der Waals surface area contributed by atoms with Gasteiger partial charge in [-0.1, -0.05) is 37.6 Å². The van der Waals surface area contributed by atoms with E-state index in [1.54, 1.807) is 12.1 Å². The van der Waals surface area contributed by atoms with Gasteiger partial charge in [-0.25, -0.2) is 0 Å². The Labute approximate surface area is 213 Å². The third-order valence-corrected chi connectivity index (χ3v) is 7.41. The first-order valence-electron chi connectivity index (χ1n) is 12.7. The molecule has 184 valence electrons. The van der Waals surface area contributed by atoms with Gasteiger partial charge in [0.1, 0.15) is 30.0 Å². The van der Waals surface area contributed by atoms with Crippen LogP contribution < -0.4 is 9.47 Å². The fourth-order valence-electron chi connectivity index (χ4n) is 5.25. The molecule has 0 radical (unpaired) electrons. The van der Waals surface area contributed by atoms with Crippen molar-refractivity contribution in [1.82, 2.24) is 4.90 Å². The number of hydrogen-bond acceptors (Lipinski definition) is 5. The minimum Gasteiger partial charge on any atom is -0.508 e. The van der Waals surface area contributed by atoms with Gasteiger partial charge in [0.05, 0.1) is 11.6 Å². The fraction of sp³-hybridized carbons (Fsp3) is 0.323. The lowest BCUT2D eigenvalue weighted by Crippen LogP contribution is -2.26. The van der Waals surface area contributed by atoms with Crippen LogP contribution in [0.2, 0.25) is 0 Å². The Hall–Kier alpha value is -3.75. The molecule has 2 aliphatic heterocycles. The van der Waals surface area contributed by atoms with Crippen molar-refractivity contribution in [2.45, 2.75) is 32.8 Å². The highest BCUT2D eigenvalue weighted by molar-refractivity contribution is 5.95. The van der Waals surface area contributed by atoms with Crippen LogP contribution >= 0.6 is 0 Å². The molecule has 3 aromatic carbocycles. The van der Waals surface area contributed by atoms with Crippen molar-refractivity contribution >= 4 is 11.1 Å². The van der Waals surface area contributed by atoms with Crippen molar-refractivity contribution in [3.63, 3.8) is 0 Å². The Kier molecular flexibility index (Phi) is 6.97. The maximum atomic E-state index is 10.1. The lowest BCUT2D eigenvalue weighted by Gasteiger charge is -2.31. The van der Waals surface area contributed by atoms with Gasteiger partial charge in [0, 0.05) is 24.2 Å². The molecule has 0 saturated carbocycles. The monoisotopic (exact) mass is 480 g/mol. The number of phenolic OH excluding ortho intramolecular Hbond substituents is 1. The normalized spacial score (nSPS) is 19.5. The lowest BCUT2D eigenvalue weighted by atomic mass is 9.86. The van der Waals surface area contributed by atoms with Gasteiger partial charge < -0.3 is 14.6 Å². The number of ether oxygens (including phenoxy) is 2. The summed E-state index contributed by atoms with van der Waals surface area (Å²) in [6.07, 6.45) is 2.23. The summed E-state index contributed by atoms with van der Waals surface area (Å²) in [4.78, 5) is 2.49. The minimum absolute atomic E-state index is 0.204. The van der Waals surface area contributed by atoms with Crippen LogP contribution in [0.25, 0.3) is 11.1 Å². The molecule has 2 atom stereocenters. The van der Waals surface area contributed by atoms with Gasteiger partial charge in [0.2, 0.25) is 0 Å². The molecule has 0 aromatic heterocycles. The molecule has 0 bridgehead atoms. The summed E-state index contributed by atoms with van der Waals surface area (Å²) in [6, 6.07) is 23.1. The van der Waals surface area contributed by atoms with Crippen molar-refractivity contribution in [3.05, 3.63) is 89.0 Å². The average molecular weight is 481 g/mol. The van der Waals surface area contributed by atoms with Crippen LogP contribution in [0.4, 0.5) is 0 Å². The van der Waals surface area contributed by atoms with Crippen molar-refractivity contribution in [1.29, 1.82) is 5.26 Å². The minimum atomic E-state index is -0.320. The molecule has 5 nitrogen and oxygen atoms in total. The zero-order valence-electron chi connectivity index (χ0n) is 20.9. The first-order chi connectivity index (χ1) is 17.6. The highest BCUT2D eigenvalue weighted by Gasteiger charge is 2.29. The van der Waals surface area contributed by atoms with E-state index < -0.39 is 0 Å². The third kappa shape index (κ3) is 4.96. The number of likely N-dealkylation sites (tertiary alicyclic amines) is 1. The summed E-state index contributed by atoms with van der Waals surface area (Å²) in [7, 11) is 0. The molecule has 0 amide bonds. The van der Waals surface area contributed by atoms with Gasteiger partial charge in [-0.3, -0.25) is 4.90 Å². The molecule has 1 fully saturated rings. The summed E-state index contributed by atoms with van der Waals surface area (Å²) in [5, 5.41) is 19.3. The summed E-state index contributed by atoms with van der Waals surface area (Å²) >= 11 is 0. The number of nitriles is 1. The molecule has 1 saturated heterocycles. The largest absolute Gasteiger partial charge is 0.508 e. The number of nitrogens with zero attached hydrogens (tertiary/aromatic N) is 2. The Morgan fingerprint density at radius 2 is 1.86 bits per heavy atom. The van der Waals surface area contributed by atoms with Gasteiger partial charge in [-0.05, 0) is 85.0 Å². The highest BCUT2D eigenvalue weighted by Crippen LogP contribution is 2.47. The zero-order chi connectivity index (χ0) is 25.1. The summed E-state index contributed by atoms with van der Waals surface area (Å²) in [5.74, 6) is 2.63. The summed E-state index contributed by atoms with van der Waals surface area (Å²) < 4.78 is 12.5. The predicted molar refractivity (Wildman–Crippen MR) is 142 cm³/mol. The maximum absolute atomic E-state index is 10.1. The first-order valence-corrected chi connectivity index (χ1v) is 12.7. The average Bonchev–Trinajstić information content (AvgIpc) is 3.37.